The van der Waals surface area contributed by atoms with E-state index in [4.69, 9.17) is 5.11 Å². The lowest BCUT2D eigenvalue weighted by Gasteiger charge is -1.93. The predicted octanol–water partition coefficient (Wildman–Crippen LogP) is 2.30. The van der Waals surface area contributed by atoms with Crippen LogP contribution in [0.25, 0.3) is 16.3 Å². The zero-order chi connectivity index (χ0) is 12.7. The zero-order valence-corrected chi connectivity index (χ0v) is 9.69. The van der Waals surface area contributed by atoms with Crippen LogP contribution in [0.15, 0.2) is 29.6 Å². The Bertz CT molecular complexity index is 732. The van der Waals surface area contributed by atoms with Crippen molar-refractivity contribution in [3.8, 4) is 11.4 Å². The molecular formula is C11H6FN3O2S. The van der Waals surface area contributed by atoms with Gasteiger partial charge in [-0.15, -0.1) is 16.4 Å². The number of benzene rings is 1. The van der Waals surface area contributed by atoms with E-state index in [-0.39, 0.29) is 11.5 Å². The van der Waals surface area contributed by atoms with Crippen molar-refractivity contribution in [1.82, 2.24) is 14.6 Å². The molecule has 0 radical (unpaired) electrons. The molecule has 0 spiro atoms. The van der Waals surface area contributed by atoms with Crippen molar-refractivity contribution in [3.63, 3.8) is 0 Å². The molecule has 3 aromatic rings. The number of thiazole rings is 1. The highest BCUT2D eigenvalue weighted by Gasteiger charge is 2.15. The van der Waals surface area contributed by atoms with Crippen LogP contribution in [0.5, 0.6) is 0 Å². The Morgan fingerprint density at radius 3 is 2.72 bits per heavy atom. The van der Waals surface area contributed by atoms with Gasteiger partial charge < -0.3 is 5.11 Å². The predicted molar refractivity (Wildman–Crippen MR) is 63.2 cm³/mol. The van der Waals surface area contributed by atoms with E-state index in [9.17, 15) is 9.18 Å². The molecule has 0 amide bonds. The maximum atomic E-state index is 12.8. The summed E-state index contributed by atoms with van der Waals surface area (Å²) >= 11 is 1.20. The van der Waals surface area contributed by atoms with Gasteiger partial charge in [-0.3, -0.25) is 0 Å². The molecule has 7 heteroatoms. The van der Waals surface area contributed by atoms with Gasteiger partial charge in [0.25, 0.3) is 0 Å². The average Bonchev–Trinajstić information content (AvgIpc) is 2.88. The molecule has 0 unspecified atom stereocenters. The summed E-state index contributed by atoms with van der Waals surface area (Å²) < 4.78 is 14.1. The van der Waals surface area contributed by atoms with Crippen molar-refractivity contribution in [2.24, 2.45) is 0 Å². The first kappa shape index (κ1) is 10.8. The van der Waals surface area contributed by atoms with Crippen molar-refractivity contribution in [3.05, 3.63) is 41.2 Å². The van der Waals surface area contributed by atoms with E-state index >= 15 is 0 Å². The van der Waals surface area contributed by atoms with Gasteiger partial charge in [0.2, 0.25) is 4.96 Å². The van der Waals surface area contributed by atoms with E-state index in [1.807, 2.05) is 0 Å². The molecule has 2 aromatic heterocycles. The molecule has 1 N–H and O–H groups in total. The van der Waals surface area contributed by atoms with E-state index in [1.165, 1.54) is 33.4 Å². The van der Waals surface area contributed by atoms with Crippen molar-refractivity contribution < 1.29 is 14.3 Å². The normalized spacial score (nSPS) is 10.9. The molecule has 0 atom stereocenters. The standard InChI is InChI=1S/C11H6FN3O2S/c12-7-3-1-6(2-4-7)9-13-11-15(14-9)8(5-18-11)10(16)17/h1-5H,(H,16,17). The van der Waals surface area contributed by atoms with Crippen LogP contribution in [0.2, 0.25) is 0 Å². The lowest BCUT2D eigenvalue weighted by Crippen LogP contribution is -2.01. The second-order valence-corrected chi connectivity index (χ2v) is 4.40. The molecule has 0 aliphatic heterocycles. The highest BCUT2D eigenvalue weighted by Crippen LogP contribution is 2.20. The topological polar surface area (TPSA) is 67.5 Å². The van der Waals surface area contributed by atoms with Crippen LogP contribution in [0, 0.1) is 5.82 Å². The van der Waals surface area contributed by atoms with Crippen molar-refractivity contribution in [2.75, 3.05) is 0 Å². The van der Waals surface area contributed by atoms with Crippen molar-refractivity contribution in [1.29, 1.82) is 0 Å². The maximum Gasteiger partial charge on any atom is 0.355 e. The van der Waals surface area contributed by atoms with Crippen LogP contribution >= 0.6 is 11.3 Å². The van der Waals surface area contributed by atoms with Crippen molar-refractivity contribution in [2.45, 2.75) is 0 Å². The van der Waals surface area contributed by atoms with Crippen LogP contribution in [0.4, 0.5) is 4.39 Å². The minimum atomic E-state index is -1.06. The molecule has 90 valence electrons. The van der Waals surface area contributed by atoms with Gasteiger partial charge in [0.05, 0.1) is 0 Å². The SMILES string of the molecule is O=C(O)c1csc2nc(-c3ccc(F)cc3)nn12. The van der Waals surface area contributed by atoms with Gasteiger partial charge in [-0.05, 0) is 24.3 Å². The second kappa shape index (κ2) is 3.88. The van der Waals surface area contributed by atoms with Crippen LogP contribution in [-0.4, -0.2) is 25.7 Å². The number of halogens is 1. The Morgan fingerprint density at radius 2 is 2.06 bits per heavy atom. The van der Waals surface area contributed by atoms with Crippen LogP contribution in [0.1, 0.15) is 10.5 Å². The molecule has 0 aliphatic carbocycles. The third-order valence-electron chi connectivity index (χ3n) is 2.40. The summed E-state index contributed by atoms with van der Waals surface area (Å²) in [6.07, 6.45) is 0. The molecule has 0 saturated carbocycles. The Kier molecular flexibility index (Phi) is 2.34. The summed E-state index contributed by atoms with van der Waals surface area (Å²) in [6, 6.07) is 5.72. The molecule has 18 heavy (non-hydrogen) atoms. The molecule has 0 aliphatic rings. The largest absolute Gasteiger partial charge is 0.476 e. The monoisotopic (exact) mass is 263 g/mol. The highest BCUT2D eigenvalue weighted by atomic mass is 32.1. The second-order valence-electron chi connectivity index (χ2n) is 3.56. The number of carboxylic acids is 1. The zero-order valence-electron chi connectivity index (χ0n) is 8.87. The van der Waals surface area contributed by atoms with Gasteiger partial charge >= 0.3 is 5.97 Å². The lowest BCUT2D eigenvalue weighted by molar-refractivity contribution is 0.0688. The molecule has 2 heterocycles. The molecular weight excluding hydrogens is 257 g/mol. The fourth-order valence-corrected chi connectivity index (χ4v) is 2.35. The number of hydrogen-bond acceptors (Lipinski definition) is 4. The van der Waals surface area contributed by atoms with Crippen LogP contribution in [0.3, 0.4) is 0 Å². The van der Waals surface area contributed by atoms with Gasteiger partial charge in [0.1, 0.15) is 5.82 Å². The van der Waals surface area contributed by atoms with Crippen LogP contribution < -0.4 is 0 Å². The van der Waals surface area contributed by atoms with E-state index in [0.29, 0.717) is 16.3 Å². The Hall–Kier alpha value is -2.28. The van der Waals surface area contributed by atoms with E-state index in [1.54, 1.807) is 12.1 Å². The number of fused-ring (bicyclic) bond motifs is 1. The van der Waals surface area contributed by atoms with Gasteiger partial charge in [0, 0.05) is 10.9 Å². The summed E-state index contributed by atoms with van der Waals surface area (Å²) in [6.45, 7) is 0. The minimum absolute atomic E-state index is 0.0656. The number of hydrogen-bond donors (Lipinski definition) is 1. The molecule has 0 fully saturated rings. The van der Waals surface area contributed by atoms with Gasteiger partial charge in [-0.1, -0.05) is 0 Å². The fourth-order valence-electron chi connectivity index (χ4n) is 1.55. The molecule has 0 saturated heterocycles. The number of carboxylic acid groups (broad SMARTS) is 1. The smallest absolute Gasteiger partial charge is 0.355 e. The maximum absolute atomic E-state index is 12.8. The summed E-state index contributed by atoms with van der Waals surface area (Å²) in [5.41, 5.74) is 0.708. The van der Waals surface area contributed by atoms with E-state index in [0.717, 1.165) is 0 Å². The lowest BCUT2D eigenvalue weighted by atomic mass is 10.2. The third kappa shape index (κ3) is 1.65. The summed E-state index contributed by atoms with van der Waals surface area (Å²) in [4.78, 5) is 15.6. The highest BCUT2D eigenvalue weighted by molar-refractivity contribution is 7.15. The first-order valence-electron chi connectivity index (χ1n) is 4.98. The van der Waals surface area contributed by atoms with Gasteiger partial charge in [-0.2, -0.15) is 9.50 Å². The fraction of sp³-hybridized carbons (Fsp3) is 0. The van der Waals surface area contributed by atoms with E-state index in [2.05, 4.69) is 10.1 Å². The Balaban J connectivity index is 2.13. The molecule has 1 aromatic carbocycles. The number of aromatic carboxylic acids is 1. The van der Waals surface area contributed by atoms with Gasteiger partial charge in [-0.25, -0.2) is 9.18 Å². The molecule has 5 nitrogen and oxygen atoms in total. The summed E-state index contributed by atoms with van der Waals surface area (Å²) in [5, 5.41) is 14.5. The average molecular weight is 263 g/mol. The minimum Gasteiger partial charge on any atom is -0.476 e. The number of aromatic nitrogens is 3. The van der Waals surface area contributed by atoms with Crippen molar-refractivity contribution >= 4 is 22.3 Å². The van der Waals surface area contributed by atoms with E-state index < -0.39 is 5.97 Å². The van der Waals surface area contributed by atoms with Gasteiger partial charge in [0.15, 0.2) is 11.5 Å². The summed E-state index contributed by atoms with van der Waals surface area (Å²) in [5.74, 6) is -1.02. The number of rotatable bonds is 2. The number of nitrogens with zero attached hydrogens (tertiary/aromatic N) is 3. The number of carbonyl (C=O) groups is 1. The third-order valence-corrected chi connectivity index (χ3v) is 3.22. The first-order chi connectivity index (χ1) is 8.65. The first-order valence-corrected chi connectivity index (χ1v) is 5.86. The molecule has 3 rings (SSSR count). The molecule has 0 bridgehead atoms. The Morgan fingerprint density at radius 1 is 1.33 bits per heavy atom. The summed E-state index contributed by atoms with van der Waals surface area (Å²) in [7, 11) is 0. The van der Waals surface area contributed by atoms with Crippen LogP contribution in [-0.2, 0) is 0 Å². The Labute approximate surface area is 104 Å². The quantitative estimate of drug-likeness (QED) is 0.770.